The molecule has 54 heavy (non-hydrogen) atoms. The zero-order chi connectivity index (χ0) is 39.4. The van der Waals surface area contributed by atoms with Crippen LogP contribution in [0.5, 0.6) is 0 Å². The van der Waals surface area contributed by atoms with Gasteiger partial charge in [0.1, 0.15) is 13.2 Å². The molecule has 1 atom stereocenters. The molecule has 0 saturated heterocycles. The molecule has 0 N–H and O–H groups in total. The fourth-order valence-electron chi connectivity index (χ4n) is 6.91. The van der Waals surface area contributed by atoms with Gasteiger partial charge >= 0.3 is 17.9 Å². The molecule has 0 heterocycles. The Hall–Kier alpha value is -1.85. The van der Waals surface area contributed by atoms with Crippen LogP contribution in [0.15, 0.2) is 12.2 Å². The van der Waals surface area contributed by atoms with E-state index in [0.29, 0.717) is 19.3 Å². The van der Waals surface area contributed by atoms with Crippen LogP contribution in [0, 0.1) is 0 Å². The Bertz CT molecular complexity index is 839. The van der Waals surface area contributed by atoms with E-state index in [1.165, 1.54) is 154 Å². The summed E-state index contributed by atoms with van der Waals surface area (Å²) in [6.07, 6.45) is 46.4. The standard InChI is InChI=1S/C48H90O6/c1-4-7-10-13-16-18-20-22-24-25-27-28-30-32-35-38-41-47(50)53-44-45(43-52-46(49)40-37-34-15-12-9-6-3)54-48(51)42-39-36-33-31-29-26-23-21-19-17-14-11-8-5-2/h24-25,45H,4-23,26-44H2,1-3H3/b25-24-. The maximum absolute atomic E-state index is 12.7. The van der Waals surface area contributed by atoms with Crippen LogP contribution in [-0.4, -0.2) is 37.2 Å². The van der Waals surface area contributed by atoms with Gasteiger partial charge < -0.3 is 14.2 Å². The van der Waals surface area contributed by atoms with Crippen LogP contribution in [0.25, 0.3) is 0 Å². The maximum Gasteiger partial charge on any atom is 0.306 e. The monoisotopic (exact) mass is 763 g/mol. The lowest BCUT2D eigenvalue weighted by Crippen LogP contribution is -2.30. The number of carbonyl (C=O) groups is 3. The second-order valence-electron chi connectivity index (χ2n) is 16.0. The lowest BCUT2D eigenvalue weighted by atomic mass is 10.0. The predicted octanol–water partition coefficient (Wildman–Crippen LogP) is 15.0. The summed E-state index contributed by atoms with van der Waals surface area (Å²) in [4.78, 5) is 37.6. The Labute approximate surface area is 335 Å². The Kier molecular flexibility index (Phi) is 42.4. The molecule has 318 valence electrons. The first-order chi connectivity index (χ1) is 26.5. The topological polar surface area (TPSA) is 78.9 Å². The molecule has 0 aliphatic carbocycles. The summed E-state index contributed by atoms with van der Waals surface area (Å²) in [6.45, 7) is 6.59. The summed E-state index contributed by atoms with van der Waals surface area (Å²) in [5.41, 5.74) is 0. The van der Waals surface area contributed by atoms with Gasteiger partial charge in [-0.15, -0.1) is 0 Å². The van der Waals surface area contributed by atoms with E-state index in [-0.39, 0.29) is 31.1 Å². The Morgan fingerprint density at radius 2 is 0.611 bits per heavy atom. The van der Waals surface area contributed by atoms with Crippen molar-refractivity contribution in [2.24, 2.45) is 0 Å². The molecule has 0 amide bonds. The third kappa shape index (κ3) is 41.3. The fourth-order valence-corrected chi connectivity index (χ4v) is 6.91. The predicted molar refractivity (Wildman–Crippen MR) is 229 cm³/mol. The van der Waals surface area contributed by atoms with Crippen LogP contribution in [0.2, 0.25) is 0 Å². The molecule has 0 radical (unpaired) electrons. The maximum atomic E-state index is 12.7. The molecule has 0 spiro atoms. The smallest absolute Gasteiger partial charge is 0.306 e. The number of allylic oxidation sites excluding steroid dienone is 2. The molecule has 0 bridgehead atoms. The van der Waals surface area contributed by atoms with Gasteiger partial charge in [0.05, 0.1) is 0 Å². The molecule has 0 aromatic heterocycles. The molecule has 6 heteroatoms. The summed E-state index contributed by atoms with van der Waals surface area (Å²) in [5, 5.41) is 0. The molecule has 0 rings (SSSR count). The third-order valence-corrected chi connectivity index (χ3v) is 10.5. The van der Waals surface area contributed by atoms with Crippen molar-refractivity contribution >= 4 is 17.9 Å². The second-order valence-corrected chi connectivity index (χ2v) is 16.0. The van der Waals surface area contributed by atoms with Gasteiger partial charge in [-0.3, -0.25) is 14.4 Å². The Balaban J connectivity index is 4.23. The third-order valence-electron chi connectivity index (χ3n) is 10.5. The molecule has 0 aliphatic heterocycles. The van der Waals surface area contributed by atoms with Crippen LogP contribution in [0.1, 0.15) is 258 Å². The number of hydrogen-bond acceptors (Lipinski definition) is 6. The average Bonchev–Trinajstić information content (AvgIpc) is 3.17. The summed E-state index contributed by atoms with van der Waals surface area (Å²) in [7, 11) is 0. The first-order valence-electron chi connectivity index (χ1n) is 23.7. The Morgan fingerprint density at radius 3 is 0.926 bits per heavy atom. The summed E-state index contributed by atoms with van der Waals surface area (Å²) < 4.78 is 16.7. The van der Waals surface area contributed by atoms with Gasteiger partial charge in [-0.2, -0.15) is 0 Å². The highest BCUT2D eigenvalue weighted by atomic mass is 16.6. The number of carbonyl (C=O) groups excluding carboxylic acids is 3. The SMILES string of the molecule is CCCCCCCCC/C=C\CCCCCCCC(=O)OCC(COC(=O)CCCCCCCC)OC(=O)CCCCCCCCCCCCCCCC. The van der Waals surface area contributed by atoms with E-state index in [1.54, 1.807) is 0 Å². The molecule has 0 aliphatic rings. The van der Waals surface area contributed by atoms with Crippen molar-refractivity contribution in [2.75, 3.05) is 13.2 Å². The van der Waals surface area contributed by atoms with Crippen LogP contribution in [-0.2, 0) is 28.6 Å². The van der Waals surface area contributed by atoms with Gasteiger partial charge in [0, 0.05) is 19.3 Å². The molecule has 6 nitrogen and oxygen atoms in total. The van der Waals surface area contributed by atoms with E-state index in [1.807, 2.05) is 0 Å². The minimum absolute atomic E-state index is 0.0695. The summed E-state index contributed by atoms with van der Waals surface area (Å²) in [6, 6.07) is 0. The minimum atomic E-state index is -0.763. The summed E-state index contributed by atoms with van der Waals surface area (Å²) >= 11 is 0. The van der Waals surface area contributed by atoms with Gasteiger partial charge in [0.25, 0.3) is 0 Å². The highest BCUT2D eigenvalue weighted by Crippen LogP contribution is 2.15. The first kappa shape index (κ1) is 52.2. The molecule has 0 aromatic rings. The van der Waals surface area contributed by atoms with Crippen LogP contribution < -0.4 is 0 Å². The first-order valence-corrected chi connectivity index (χ1v) is 23.7. The number of esters is 3. The largest absolute Gasteiger partial charge is 0.462 e. The number of unbranched alkanes of at least 4 members (excludes halogenated alkanes) is 30. The van der Waals surface area contributed by atoms with Gasteiger partial charge in [-0.05, 0) is 44.9 Å². The van der Waals surface area contributed by atoms with Gasteiger partial charge in [-0.1, -0.05) is 206 Å². The van der Waals surface area contributed by atoms with Crippen LogP contribution in [0.4, 0.5) is 0 Å². The average molecular weight is 763 g/mol. The van der Waals surface area contributed by atoms with E-state index in [0.717, 1.165) is 64.2 Å². The van der Waals surface area contributed by atoms with E-state index < -0.39 is 6.10 Å². The quantitative estimate of drug-likeness (QED) is 0.0266. The van der Waals surface area contributed by atoms with Crippen LogP contribution in [0.3, 0.4) is 0 Å². The van der Waals surface area contributed by atoms with Crippen molar-refractivity contribution in [3.8, 4) is 0 Å². The van der Waals surface area contributed by atoms with Crippen molar-refractivity contribution in [1.82, 2.24) is 0 Å². The number of ether oxygens (including phenoxy) is 3. The lowest BCUT2D eigenvalue weighted by Gasteiger charge is -2.18. The van der Waals surface area contributed by atoms with Gasteiger partial charge in [0.15, 0.2) is 6.10 Å². The van der Waals surface area contributed by atoms with E-state index in [9.17, 15) is 14.4 Å². The minimum Gasteiger partial charge on any atom is -0.462 e. The fraction of sp³-hybridized carbons (Fsp3) is 0.896. The van der Waals surface area contributed by atoms with Gasteiger partial charge in [0.2, 0.25) is 0 Å². The highest BCUT2D eigenvalue weighted by Gasteiger charge is 2.19. The normalized spacial score (nSPS) is 12.0. The molecule has 0 saturated carbocycles. The van der Waals surface area contributed by atoms with Gasteiger partial charge in [-0.25, -0.2) is 0 Å². The van der Waals surface area contributed by atoms with E-state index in [4.69, 9.17) is 14.2 Å². The zero-order valence-corrected chi connectivity index (χ0v) is 36.3. The highest BCUT2D eigenvalue weighted by molar-refractivity contribution is 5.71. The van der Waals surface area contributed by atoms with Crippen LogP contribution >= 0.6 is 0 Å². The van der Waals surface area contributed by atoms with E-state index >= 15 is 0 Å². The molecular formula is C48H90O6. The lowest BCUT2D eigenvalue weighted by molar-refractivity contribution is -0.167. The van der Waals surface area contributed by atoms with Crippen molar-refractivity contribution < 1.29 is 28.6 Å². The van der Waals surface area contributed by atoms with Crippen molar-refractivity contribution in [3.05, 3.63) is 12.2 Å². The van der Waals surface area contributed by atoms with Crippen molar-refractivity contribution in [3.63, 3.8) is 0 Å². The van der Waals surface area contributed by atoms with Crippen molar-refractivity contribution in [1.29, 1.82) is 0 Å². The second kappa shape index (κ2) is 43.9. The molecule has 1 unspecified atom stereocenters. The Morgan fingerprint density at radius 1 is 0.352 bits per heavy atom. The number of hydrogen-bond donors (Lipinski definition) is 0. The molecule has 0 aromatic carbocycles. The van der Waals surface area contributed by atoms with Crippen molar-refractivity contribution in [2.45, 2.75) is 264 Å². The molecular weight excluding hydrogens is 673 g/mol. The zero-order valence-electron chi connectivity index (χ0n) is 36.3. The molecule has 0 fully saturated rings. The van der Waals surface area contributed by atoms with E-state index in [2.05, 4.69) is 32.9 Å². The number of rotatable bonds is 43. The summed E-state index contributed by atoms with van der Waals surface area (Å²) in [5.74, 6) is -0.877.